The number of halogens is 2. The number of anilines is 1. The molecule has 0 aliphatic rings. The van der Waals surface area contributed by atoms with Gasteiger partial charge in [0, 0.05) is 18.0 Å². The van der Waals surface area contributed by atoms with E-state index in [-0.39, 0.29) is 16.3 Å². The largest absolute Gasteiger partial charge is 0.497 e. The number of hydrogen-bond donors (Lipinski definition) is 2. The average Bonchev–Trinajstić information content (AvgIpc) is 3.21. The fourth-order valence-electron chi connectivity index (χ4n) is 3.29. The molecule has 182 valence electrons. The topological polar surface area (TPSA) is 105 Å². The summed E-state index contributed by atoms with van der Waals surface area (Å²) in [5, 5.41) is 15.0. The van der Waals surface area contributed by atoms with Crippen LogP contribution in [0.1, 0.15) is 22.2 Å². The molecule has 3 aromatic rings. The molecule has 0 fully saturated rings. The molecule has 1 aromatic heterocycles. The highest BCUT2D eigenvalue weighted by Gasteiger charge is 2.32. The molecule has 8 nitrogen and oxygen atoms in total. The summed E-state index contributed by atoms with van der Waals surface area (Å²) in [6.45, 7) is 0. The zero-order chi connectivity index (χ0) is 25.2. The summed E-state index contributed by atoms with van der Waals surface area (Å²) in [5.74, 6) is -3.27. The van der Waals surface area contributed by atoms with E-state index >= 15 is 0 Å². The predicted octanol–water partition coefficient (Wildman–Crippen LogP) is 4.17. The maximum absolute atomic E-state index is 14.8. The lowest BCUT2D eigenvalue weighted by Crippen LogP contribution is -2.38. The van der Waals surface area contributed by atoms with Crippen LogP contribution in [0.15, 0.2) is 51.9 Å². The van der Waals surface area contributed by atoms with Crippen molar-refractivity contribution in [2.45, 2.75) is 10.9 Å². The quantitative estimate of drug-likeness (QED) is 0.512. The van der Waals surface area contributed by atoms with Gasteiger partial charge in [-0.05, 0) is 47.7 Å². The molecule has 1 unspecified atom stereocenters. The minimum Gasteiger partial charge on any atom is -0.497 e. The van der Waals surface area contributed by atoms with Gasteiger partial charge < -0.3 is 24.6 Å². The van der Waals surface area contributed by atoms with E-state index in [4.69, 9.17) is 9.26 Å². The molecule has 2 amide bonds. The van der Waals surface area contributed by atoms with Crippen molar-refractivity contribution in [2.24, 2.45) is 0 Å². The lowest BCUT2D eigenvalue weighted by atomic mass is 10.0. The number of likely N-dealkylation sites (N-methyl/N-ethyl adjacent to an activating group) is 1. The number of rotatable bonds is 7. The van der Waals surface area contributed by atoms with Gasteiger partial charge in [-0.25, -0.2) is 18.8 Å². The van der Waals surface area contributed by atoms with E-state index in [9.17, 15) is 23.5 Å². The normalized spacial score (nSPS) is 12.7. The first-order chi connectivity index (χ1) is 15.9. The third-order valence-electron chi connectivity index (χ3n) is 5.04. The highest BCUT2D eigenvalue weighted by atomic mass is 32.3. The van der Waals surface area contributed by atoms with Crippen LogP contribution >= 0.6 is 10.0 Å². The zero-order valence-electron chi connectivity index (χ0n) is 19.3. The molecule has 0 bridgehead atoms. The van der Waals surface area contributed by atoms with Gasteiger partial charge in [0.1, 0.15) is 23.4 Å². The summed E-state index contributed by atoms with van der Waals surface area (Å²) in [4.78, 5) is 27.4. The van der Waals surface area contributed by atoms with Crippen molar-refractivity contribution in [1.29, 1.82) is 0 Å². The minimum absolute atomic E-state index is 0.243. The Morgan fingerprint density at radius 1 is 1.12 bits per heavy atom. The Morgan fingerprint density at radius 3 is 2.29 bits per heavy atom. The predicted molar refractivity (Wildman–Crippen MR) is 125 cm³/mol. The third kappa shape index (κ3) is 5.30. The molecule has 0 spiro atoms. The first kappa shape index (κ1) is 25.0. The van der Waals surface area contributed by atoms with Gasteiger partial charge in [-0.15, -0.1) is 0 Å². The number of benzene rings is 2. The van der Waals surface area contributed by atoms with Crippen LogP contribution < -0.4 is 10.1 Å². The molecule has 2 N–H and O–H groups in total. The van der Waals surface area contributed by atoms with E-state index in [1.165, 1.54) is 14.2 Å². The van der Waals surface area contributed by atoms with Crippen LogP contribution in [0.5, 0.6) is 11.6 Å². The van der Waals surface area contributed by atoms with Gasteiger partial charge in [0.25, 0.3) is 17.7 Å². The second-order valence-electron chi connectivity index (χ2n) is 8.23. The van der Waals surface area contributed by atoms with Crippen molar-refractivity contribution in [3.05, 3.63) is 65.4 Å². The van der Waals surface area contributed by atoms with E-state index < -0.39 is 45.4 Å². The lowest BCUT2D eigenvalue weighted by Gasteiger charge is -2.28. The Morgan fingerprint density at radius 2 is 1.76 bits per heavy atom. The highest BCUT2D eigenvalue weighted by Crippen LogP contribution is 2.47. The molecule has 3 rings (SSSR count). The second kappa shape index (κ2) is 9.72. The summed E-state index contributed by atoms with van der Waals surface area (Å²) in [5.41, 5.74) is 0.0149. The number of aromatic hydroxyl groups is 1. The molecule has 11 heteroatoms. The van der Waals surface area contributed by atoms with Gasteiger partial charge in [0.05, 0.1) is 18.9 Å². The number of ether oxygens (including phenoxy) is 1. The smallest absolute Gasteiger partial charge is 0.293 e. The second-order valence-corrected chi connectivity index (χ2v) is 12.3. The number of carbonyl (C=O) groups is 2. The number of nitrogens with one attached hydrogen (secondary N) is 1. The molecule has 0 saturated carbocycles. The molecular weight excluding hydrogens is 468 g/mol. The summed E-state index contributed by atoms with van der Waals surface area (Å²) >= 11 is 0. The standard InChI is InChI=1S/C23H25F2N3O5S/c1-28(23(31)18-12-20(29)27-33-18)21(13-6-8-14(32-2)9-7-13)22(30)26-17-10-16(25)19(11-15(17)24)34(3,4)5/h6-12,21H,1-5H3,(H,26,30)(H,27,29). The van der Waals surface area contributed by atoms with Gasteiger partial charge in [0.2, 0.25) is 5.76 Å². The minimum atomic E-state index is -1.55. The van der Waals surface area contributed by atoms with Crippen molar-refractivity contribution in [2.75, 3.05) is 38.2 Å². The van der Waals surface area contributed by atoms with E-state index in [1.54, 1.807) is 24.3 Å². The summed E-state index contributed by atoms with van der Waals surface area (Å²) in [6, 6.07) is 8.06. The zero-order valence-corrected chi connectivity index (χ0v) is 20.1. The van der Waals surface area contributed by atoms with Crippen LogP contribution in [-0.4, -0.2) is 59.9 Å². The van der Waals surface area contributed by atoms with Gasteiger partial charge in [-0.3, -0.25) is 9.59 Å². The molecule has 1 heterocycles. The van der Waals surface area contributed by atoms with Gasteiger partial charge >= 0.3 is 0 Å². The van der Waals surface area contributed by atoms with Crippen LogP contribution in [-0.2, 0) is 4.79 Å². The number of aromatic nitrogens is 1. The maximum atomic E-state index is 14.8. The van der Waals surface area contributed by atoms with Crippen molar-refractivity contribution < 1.29 is 32.7 Å². The Bertz CT molecular complexity index is 1210. The Balaban J connectivity index is 1.98. The molecule has 0 aliphatic heterocycles. The molecule has 0 radical (unpaired) electrons. The maximum Gasteiger partial charge on any atom is 0.293 e. The number of hydrogen-bond acceptors (Lipinski definition) is 6. The fourth-order valence-corrected chi connectivity index (χ4v) is 4.39. The molecule has 2 aromatic carbocycles. The van der Waals surface area contributed by atoms with E-state index in [0.717, 1.165) is 23.1 Å². The summed E-state index contributed by atoms with van der Waals surface area (Å²) in [7, 11) is 1.26. The average molecular weight is 494 g/mol. The number of amides is 2. The first-order valence-electron chi connectivity index (χ1n) is 9.97. The lowest BCUT2D eigenvalue weighted by molar-refractivity contribution is -0.120. The molecule has 0 saturated heterocycles. The number of methoxy groups -OCH3 is 1. The van der Waals surface area contributed by atoms with E-state index in [0.29, 0.717) is 11.3 Å². The summed E-state index contributed by atoms with van der Waals surface area (Å²) in [6.07, 6.45) is 5.47. The molecular formula is C23H25F2N3O5S. The van der Waals surface area contributed by atoms with E-state index in [1.807, 2.05) is 18.8 Å². The number of carbonyl (C=O) groups excluding carboxylic acids is 2. The van der Waals surface area contributed by atoms with Gasteiger partial charge in [-0.2, -0.15) is 0 Å². The number of nitrogens with zero attached hydrogens (tertiary/aromatic N) is 2. The Kier molecular flexibility index (Phi) is 7.15. The monoisotopic (exact) mass is 493 g/mol. The van der Waals surface area contributed by atoms with Crippen LogP contribution in [0, 0.1) is 11.6 Å². The van der Waals surface area contributed by atoms with Crippen LogP contribution in [0.25, 0.3) is 0 Å². The Hall–Kier alpha value is -3.60. The van der Waals surface area contributed by atoms with Gasteiger partial charge in [0.15, 0.2) is 0 Å². The molecule has 0 aliphatic carbocycles. The first-order valence-corrected chi connectivity index (χ1v) is 12.8. The van der Waals surface area contributed by atoms with Crippen LogP contribution in [0.2, 0.25) is 0 Å². The SMILES string of the molecule is COc1ccc(C(C(=O)Nc2cc(F)c(S(C)(C)C)cc2F)N(C)C(=O)c2cc(O)no2)cc1. The van der Waals surface area contributed by atoms with Crippen LogP contribution in [0.3, 0.4) is 0 Å². The van der Waals surface area contributed by atoms with Crippen molar-refractivity contribution >= 4 is 27.5 Å². The fraction of sp³-hybridized carbons (Fsp3) is 0.261. The summed E-state index contributed by atoms with van der Waals surface area (Å²) < 4.78 is 39.4. The third-order valence-corrected chi connectivity index (χ3v) is 6.67. The molecule has 1 atom stereocenters. The van der Waals surface area contributed by atoms with Crippen molar-refractivity contribution in [3.8, 4) is 11.6 Å². The Labute approximate surface area is 196 Å². The van der Waals surface area contributed by atoms with Crippen LogP contribution in [0.4, 0.5) is 14.5 Å². The van der Waals surface area contributed by atoms with Crippen molar-refractivity contribution in [3.63, 3.8) is 0 Å². The van der Waals surface area contributed by atoms with E-state index in [2.05, 4.69) is 10.5 Å². The van der Waals surface area contributed by atoms with Crippen molar-refractivity contribution in [1.82, 2.24) is 10.1 Å². The van der Waals surface area contributed by atoms with Gasteiger partial charge in [-0.1, -0.05) is 12.1 Å². The molecule has 34 heavy (non-hydrogen) atoms. The highest BCUT2D eigenvalue weighted by molar-refractivity contribution is 8.32.